The lowest BCUT2D eigenvalue weighted by Gasteiger charge is -2.27. The zero-order chi connectivity index (χ0) is 17.8. The third kappa shape index (κ3) is 4.45. The Bertz CT molecular complexity index is 787. The molecule has 0 aromatic carbocycles. The fourth-order valence-electron chi connectivity index (χ4n) is 3.41. The van der Waals surface area contributed by atoms with Crippen molar-refractivity contribution in [3.05, 3.63) is 52.2 Å². The number of aryl methyl sites for hydroxylation is 2. The second kappa shape index (κ2) is 7.78. The molecule has 0 spiro atoms. The van der Waals surface area contributed by atoms with Crippen molar-refractivity contribution in [3.63, 3.8) is 0 Å². The molecule has 3 heterocycles. The minimum atomic E-state index is -0.447. The van der Waals surface area contributed by atoms with Gasteiger partial charge in [-0.1, -0.05) is 6.07 Å². The van der Waals surface area contributed by atoms with Crippen LogP contribution in [-0.4, -0.2) is 33.3 Å². The molecule has 1 aliphatic heterocycles. The maximum Gasteiger partial charge on any atom is 0.251 e. The van der Waals surface area contributed by atoms with Gasteiger partial charge in [-0.25, -0.2) is 0 Å². The van der Waals surface area contributed by atoms with Crippen LogP contribution in [0.4, 0.5) is 0 Å². The Morgan fingerprint density at radius 2 is 2.08 bits per heavy atom. The molecule has 0 amide bonds. The Hall–Kier alpha value is -2.21. The molecule has 6 heteroatoms. The number of hydrogen-bond donors (Lipinski definition) is 0. The standard InChI is InChI=1S/C19H25N3O3/c1-14-3-4-19(24)22(13-14)17(11-15-6-9-25-10-7-15)18(23)12-16-5-8-21(2)20-16/h3-5,8,13,15,17H,6-7,9-12H2,1-2H3/t17-/m0/s1. The summed E-state index contributed by atoms with van der Waals surface area (Å²) in [6.45, 7) is 3.40. The largest absolute Gasteiger partial charge is 0.381 e. The van der Waals surface area contributed by atoms with Crippen LogP contribution in [0.15, 0.2) is 35.4 Å². The van der Waals surface area contributed by atoms with Crippen molar-refractivity contribution < 1.29 is 9.53 Å². The van der Waals surface area contributed by atoms with Crippen LogP contribution in [-0.2, 0) is 23.0 Å². The van der Waals surface area contributed by atoms with E-state index in [1.54, 1.807) is 27.6 Å². The van der Waals surface area contributed by atoms with Crippen molar-refractivity contribution in [1.82, 2.24) is 14.3 Å². The highest BCUT2D eigenvalue weighted by Gasteiger charge is 2.27. The van der Waals surface area contributed by atoms with E-state index >= 15 is 0 Å². The number of ketones is 1. The average molecular weight is 343 g/mol. The lowest BCUT2D eigenvalue weighted by molar-refractivity contribution is -0.122. The molecule has 0 aliphatic carbocycles. The van der Waals surface area contributed by atoms with Gasteiger partial charge in [-0.05, 0) is 43.7 Å². The summed E-state index contributed by atoms with van der Waals surface area (Å²) >= 11 is 0. The topological polar surface area (TPSA) is 66.1 Å². The molecule has 25 heavy (non-hydrogen) atoms. The molecular formula is C19H25N3O3. The third-order valence-corrected chi connectivity index (χ3v) is 4.82. The first-order valence-electron chi connectivity index (χ1n) is 8.80. The molecule has 0 saturated carbocycles. The number of Topliss-reactive ketones (excluding diaryl/α,β-unsaturated/α-hetero) is 1. The van der Waals surface area contributed by atoms with Crippen molar-refractivity contribution in [2.24, 2.45) is 13.0 Å². The van der Waals surface area contributed by atoms with Gasteiger partial charge in [0.2, 0.25) is 0 Å². The zero-order valence-electron chi connectivity index (χ0n) is 14.9. The van der Waals surface area contributed by atoms with E-state index in [1.807, 2.05) is 26.2 Å². The van der Waals surface area contributed by atoms with E-state index in [1.165, 1.54) is 0 Å². The summed E-state index contributed by atoms with van der Waals surface area (Å²) in [5.74, 6) is 0.441. The van der Waals surface area contributed by atoms with E-state index < -0.39 is 6.04 Å². The van der Waals surface area contributed by atoms with E-state index in [0.717, 1.165) is 37.3 Å². The van der Waals surface area contributed by atoms with Gasteiger partial charge in [0.15, 0.2) is 5.78 Å². The van der Waals surface area contributed by atoms with Crippen LogP contribution >= 0.6 is 0 Å². The SMILES string of the molecule is Cc1ccc(=O)n([C@@H](CC2CCOCC2)C(=O)Cc2ccn(C)n2)c1. The highest BCUT2D eigenvalue weighted by Crippen LogP contribution is 2.26. The van der Waals surface area contributed by atoms with Gasteiger partial charge >= 0.3 is 0 Å². The average Bonchev–Trinajstić information content (AvgIpc) is 3.01. The first-order chi connectivity index (χ1) is 12.0. The van der Waals surface area contributed by atoms with E-state index in [4.69, 9.17) is 4.74 Å². The maximum absolute atomic E-state index is 13.0. The van der Waals surface area contributed by atoms with E-state index in [-0.39, 0.29) is 17.8 Å². The van der Waals surface area contributed by atoms with Crippen molar-refractivity contribution in [1.29, 1.82) is 0 Å². The van der Waals surface area contributed by atoms with Gasteiger partial charge < -0.3 is 9.30 Å². The van der Waals surface area contributed by atoms with Crippen LogP contribution in [0.3, 0.4) is 0 Å². The fraction of sp³-hybridized carbons (Fsp3) is 0.526. The Labute approximate surface area is 147 Å². The Morgan fingerprint density at radius 3 is 2.76 bits per heavy atom. The van der Waals surface area contributed by atoms with Gasteiger partial charge in [-0.3, -0.25) is 14.3 Å². The van der Waals surface area contributed by atoms with E-state index in [9.17, 15) is 9.59 Å². The molecule has 0 unspecified atom stereocenters. The molecule has 2 aromatic heterocycles. The zero-order valence-corrected chi connectivity index (χ0v) is 14.9. The molecular weight excluding hydrogens is 318 g/mol. The second-order valence-electron chi connectivity index (χ2n) is 6.88. The molecule has 3 rings (SSSR count). The number of carbonyl (C=O) groups is 1. The Balaban J connectivity index is 1.85. The Morgan fingerprint density at radius 1 is 1.32 bits per heavy atom. The molecule has 6 nitrogen and oxygen atoms in total. The lowest BCUT2D eigenvalue weighted by Crippen LogP contribution is -2.33. The minimum Gasteiger partial charge on any atom is -0.381 e. The molecule has 134 valence electrons. The molecule has 1 saturated heterocycles. The molecule has 1 aliphatic rings. The van der Waals surface area contributed by atoms with Gasteiger partial charge in [-0.2, -0.15) is 5.10 Å². The molecule has 0 radical (unpaired) electrons. The van der Waals surface area contributed by atoms with Gasteiger partial charge in [0.05, 0.1) is 18.2 Å². The monoisotopic (exact) mass is 343 g/mol. The molecule has 0 N–H and O–H groups in total. The summed E-state index contributed by atoms with van der Waals surface area (Å²) in [4.78, 5) is 25.4. The van der Waals surface area contributed by atoms with Crippen molar-refractivity contribution in [2.45, 2.75) is 38.6 Å². The summed E-state index contributed by atoms with van der Waals surface area (Å²) < 4.78 is 8.72. The van der Waals surface area contributed by atoms with Crippen LogP contribution in [0.5, 0.6) is 0 Å². The number of pyridine rings is 1. The van der Waals surface area contributed by atoms with Crippen molar-refractivity contribution in [2.75, 3.05) is 13.2 Å². The van der Waals surface area contributed by atoms with Crippen LogP contribution in [0.25, 0.3) is 0 Å². The quantitative estimate of drug-likeness (QED) is 0.805. The maximum atomic E-state index is 13.0. The van der Waals surface area contributed by atoms with Crippen LogP contribution in [0, 0.1) is 12.8 Å². The van der Waals surface area contributed by atoms with Gasteiger partial charge in [0, 0.05) is 38.7 Å². The van der Waals surface area contributed by atoms with Gasteiger partial charge in [-0.15, -0.1) is 0 Å². The third-order valence-electron chi connectivity index (χ3n) is 4.82. The first-order valence-corrected chi connectivity index (χ1v) is 8.80. The highest BCUT2D eigenvalue weighted by molar-refractivity contribution is 5.84. The van der Waals surface area contributed by atoms with Gasteiger partial charge in [0.25, 0.3) is 5.56 Å². The summed E-state index contributed by atoms with van der Waals surface area (Å²) in [5.41, 5.74) is 1.59. The number of aromatic nitrogens is 3. The lowest BCUT2D eigenvalue weighted by atomic mass is 9.89. The normalized spacial score (nSPS) is 16.7. The first kappa shape index (κ1) is 17.6. The predicted octanol–water partition coefficient (Wildman–Crippen LogP) is 2.06. The summed E-state index contributed by atoms with van der Waals surface area (Å²) in [5, 5.41) is 4.30. The van der Waals surface area contributed by atoms with E-state index in [0.29, 0.717) is 12.3 Å². The number of carbonyl (C=O) groups excluding carboxylic acids is 1. The molecule has 1 fully saturated rings. The minimum absolute atomic E-state index is 0.0397. The number of ether oxygens (including phenoxy) is 1. The fourth-order valence-corrected chi connectivity index (χ4v) is 3.41. The van der Waals surface area contributed by atoms with Gasteiger partial charge in [0.1, 0.15) is 0 Å². The van der Waals surface area contributed by atoms with Crippen molar-refractivity contribution >= 4 is 5.78 Å². The van der Waals surface area contributed by atoms with Crippen LogP contribution in [0.1, 0.15) is 36.6 Å². The molecule has 0 bridgehead atoms. The summed E-state index contributed by atoms with van der Waals surface area (Å²) in [6, 6.07) is 4.73. The number of hydrogen-bond acceptors (Lipinski definition) is 4. The second-order valence-corrected chi connectivity index (χ2v) is 6.88. The summed E-state index contributed by atoms with van der Waals surface area (Å²) in [7, 11) is 1.83. The Kier molecular flexibility index (Phi) is 5.48. The smallest absolute Gasteiger partial charge is 0.251 e. The predicted molar refractivity (Wildman–Crippen MR) is 94.6 cm³/mol. The van der Waals surface area contributed by atoms with Crippen LogP contribution < -0.4 is 5.56 Å². The summed E-state index contributed by atoms with van der Waals surface area (Å²) in [6.07, 6.45) is 6.42. The van der Waals surface area contributed by atoms with Crippen LogP contribution in [0.2, 0.25) is 0 Å². The number of rotatable bonds is 6. The van der Waals surface area contributed by atoms with Crippen molar-refractivity contribution in [3.8, 4) is 0 Å². The van der Waals surface area contributed by atoms with E-state index in [2.05, 4.69) is 5.10 Å². The number of nitrogens with zero attached hydrogens (tertiary/aromatic N) is 3. The highest BCUT2D eigenvalue weighted by atomic mass is 16.5. The molecule has 1 atom stereocenters. The molecule has 2 aromatic rings.